The van der Waals surface area contributed by atoms with Gasteiger partial charge in [-0.25, -0.2) is 0 Å². The van der Waals surface area contributed by atoms with Gasteiger partial charge in [0, 0.05) is 6.42 Å². The van der Waals surface area contributed by atoms with Crippen LogP contribution in [0.2, 0.25) is 0 Å². The summed E-state index contributed by atoms with van der Waals surface area (Å²) in [4.78, 5) is 11.9. The molecule has 0 rings (SSSR count). The molecule has 0 spiro atoms. The number of hydrogen-bond acceptors (Lipinski definition) is 6. The molecule has 0 amide bonds. The van der Waals surface area contributed by atoms with E-state index in [2.05, 4.69) is 6.92 Å². The Morgan fingerprint density at radius 3 is 1.33 bits per heavy atom. The number of unbranched alkanes of at least 4 members (excludes halogenated alkanes) is 15. The van der Waals surface area contributed by atoms with Gasteiger partial charge in [-0.2, -0.15) is 0 Å². The number of hydrogen-bond donors (Lipinski definition) is 5. The van der Waals surface area contributed by atoms with Crippen LogP contribution >= 0.6 is 0 Å². The maximum absolute atomic E-state index is 11.9. The van der Waals surface area contributed by atoms with Crippen LogP contribution in [-0.2, 0) is 4.79 Å². The van der Waals surface area contributed by atoms with Crippen LogP contribution in [0.1, 0.15) is 116 Å². The highest BCUT2D eigenvalue weighted by Crippen LogP contribution is 2.15. The van der Waals surface area contributed by atoms with Crippen molar-refractivity contribution in [2.45, 2.75) is 140 Å². The lowest BCUT2D eigenvalue weighted by molar-refractivity contribution is -0.147. The molecule has 180 valence electrons. The van der Waals surface area contributed by atoms with E-state index in [9.17, 15) is 25.2 Å². The van der Waals surface area contributed by atoms with Gasteiger partial charge in [-0.3, -0.25) is 4.79 Å². The molecule has 0 saturated heterocycles. The topological polar surface area (TPSA) is 118 Å². The molecule has 0 aromatic heterocycles. The van der Waals surface area contributed by atoms with Crippen molar-refractivity contribution < 1.29 is 30.3 Å². The Kier molecular flexibility index (Phi) is 20.0. The second-order valence-electron chi connectivity index (χ2n) is 8.70. The van der Waals surface area contributed by atoms with Crippen molar-refractivity contribution in [3.8, 4) is 0 Å². The number of aliphatic hydroxyl groups is 5. The van der Waals surface area contributed by atoms with Crippen LogP contribution in [-0.4, -0.2) is 62.3 Å². The predicted molar refractivity (Wildman–Crippen MR) is 120 cm³/mol. The molecule has 0 aliphatic heterocycles. The van der Waals surface area contributed by atoms with E-state index in [1.165, 1.54) is 77.0 Å². The Balaban J connectivity index is 3.48. The van der Waals surface area contributed by atoms with Gasteiger partial charge < -0.3 is 25.5 Å². The lowest BCUT2D eigenvalue weighted by Crippen LogP contribution is -2.48. The summed E-state index contributed by atoms with van der Waals surface area (Å²) in [5, 5.41) is 47.0. The monoisotopic (exact) mass is 432 g/mol. The molecule has 5 N–H and O–H groups in total. The van der Waals surface area contributed by atoms with Crippen molar-refractivity contribution in [3.05, 3.63) is 0 Å². The number of Topliss-reactive ketones (excluding diaryl/α,β-unsaturated/α-hetero) is 1. The van der Waals surface area contributed by atoms with Crippen LogP contribution in [0.4, 0.5) is 0 Å². The summed E-state index contributed by atoms with van der Waals surface area (Å²) in [7, 11) is 0. The van der Waals surface area contributed by atoms with Gasteiger partial charge in [0.05, 0.1) is 6.61 Å². The zero-order valence-corrected chi connectivity index (χ0v) is 19.2. The maximum Gasteiger partial charge on any atom is 0.164 e. The molecule has 6 nitrogen and oxygen atoms in total. The highest BCUT2D eigenvalue weighted by Gasteiger charge is 2.33. The second kappa shape index (κ2) is 20.4. The first-order chi connectivity index (χ1) is 14.5. The fourth-order valence-electron chi connectivity index (χ4n) is 3.71. The maximum atomic E-state index is 11.9. The SMILES string of the molecule is CCCCCCCCCCCCCCCCCCC(=O)C(O)C(O)C(O)C(O)CO. The first-order valence-corrected chi connectivity index (χ1v) is 12.3. The van der Waals surface area contributed by atoms with Gasteiger partial charge in [0.15, 0.2) is 5.78 Å². The smallest absolute Gasteiger partial charge is 0.164 e. The zero-order valence-electron chi connectivity index (χ0n) is 19.2. The Hall–Kier alpha value is -0.530. The number of aliphatic hydroxyl groups excluding tert-OH is 5. The fraction of sp³-hybridized carbons (Fsp3) is 0.958. The van der Waals surface area contributed by atoms with Gasteiger partial charge in [-0.15, -0.1) is 0 Å². The number of rotatable bonds is 22. The summed E-state index contributed by atoms with van der Waals surface area (Å²) in [6, 6.07) is 0. The molecule has 4 atom stereocenters. The second-order valence-corrected chi connectivity index (χ2v) is 8.70. The number of carbonyl (C=O) groups excluding carboxylic acids is 1. The largest absolute Gasteiger partial charge is 0.394 e. The Morgan fingerprint density at radius 2 is 0.967 bits per heavy atom. The van der Waals surface area contributed by atoms with Gasteiger partial charge in [0.2, 0.25) is 0 Å². The van der Waals surface area contributed by atoms with Gasteiger partial charge in [0.25, 0.3) is 0 Å². The molecular formula is C24H48O6. The van der Waals surface area contributed by atoms with Crippen LogP contribution < -0.4 is 0 Å². The van der Waals surface area contributed by atoms with Crippen LogP contribution in [0, 0.1) is 0 Å². The van der Waals surface area contributed by atoms with Crippen molar-refractivity contribution >= 4 is 5.78 Å². The molecule has 0 aromatic carbocycles. The van der Waals surface area contributed by atoms with E-state index >= 15 is 0 Å². The first-order valence-electron chi connectivity index (χ1n) is 12.3. The molecule has 0 saturated carbocycles. The van der Waals surface area contributed by atoms with Crippen molar-refractivity contribution in [2.75, 3.05) is 6.61 Å². The van der Waals surface area contributed by atoms with Crippen molar-refractivity contribution in [1.82, 2.24) is 0 Å². The molecule has 0 aliphatic rings. The van der Waals surface area contributed by atoms with E-state index < -0.39 is 36.8 Å². The third kappa shape index (κ3) is 15.3. The standard InChI is InChI=1S/C24H48O6/c1-2-3-4-5-6-7-8-9-10-11-12-13-14-15-16-17-18-20(26)22(28)24(30)23(29)21(27)19-25/h21-25,27-30H,2-19H2,1H3. The average molecular weight is 433 g/mol. The zero-order chi connectivity index (χ0) is 22.6. The molecule has 0 aromatic rings. The van der Waals surface area contributed by atoms with Gasteiger partial charge >= 0.3 is 0 Å². The van der Waals surface area contributed by atoms with E-state index in [1.54, 1.807) is 0 Å². The third-order valence-corrected chi connectivity index (χ3v) is 5.86. The van der Waals surface area contributed by atoms with E-state index in [0.29, 0.717) is 6.42 Å². The molecule has 30 heavy (non-hydrogen) atoms. The van der Waals surface area contributed by atoms with Crippen molar-refractivity contribution in [3.63, 3.8) is 0 Å². The third-order valence-electron chi connectivity index (χ3n) is 5.86. The van der Waals surface area contributed by atoms with Crippen LogP contribution in [0.15, 0.2) is 0 Å². The summed E-state index contributed by atoms with van der Waals surface area (Å²) < 4.78 is 0. The summed E-state index contributed by atoms with van der Waals surface area (Å²) >= 11 is 0. The highest BCUT2D eigenvalue weighted by atomic mass is 16.4. The minimum Gasteiger partial charge on any atom is -0.394 e. The number of ketones is 1. The molecular weight excluding hydrogens is 384 g/mol. The first kappa shape index (κ1) is 29.5. The Morgan fingerprint density at radius 1 is 0.600 bits per heavy atom. The molecule has 0 heterocycles. The predicted octanol–water partition coefficient (Wildman–Crippen LogP) is 3.64. The number of carbonyl (C=O) groups is 1. The molecule has 6 heteroatoms. The average Bonchev–Trinajstić information content (AvgIpc) is 2.76. The lowest BCUT2D eigenvalue weighted by Gasteiger charge is -2.24. The van der Waals surface area contributed by atoms with E-state index in [0.717, 1.165) is 19.3 Å². The fourth-order valence-corrected chi connectivity index (χ4v) is 3.71. The summed E-state index contributed by atoms with van der Waals surface area (Å²) in [5.41, 5.74) is 0. The van der Waals surface area contributed by atoms with Crippen LogP contribution in [0.3, 0.4) is 0 Å². The quantitative estimate of drug-likeness (QED) is 0.167. The van der Waals surface area contributed by atoms with Gasteiger partial charge in [-0.1, -0.05) is 103 Å². The Bertz CT molecular complexity index is 390. The van der Waals surface area contributed by atoms with E-state index in [1.807, 2.05) is 0 Å². The van der Waals surface area contributed by atoms with Crippen LogP contribution in [0.25, 0.3) is 0 Å². The van der Waals surface area contributed by atoms with Crippen molar-refractivity contribution in [1.29, 1.82) is 0 Å². The summed E-state index contributed by atoms with van der Waals surface area (Å²) in [6.07, 6.45) is 13.1. The van der Waals surface area contributed by atoms with Gasteiger partial charge in [-0.05, 0) is 6.42 Å². The van der Waals surface area contributed by atoms with Crippen molar-refractivity contribution in [2.24, 2.45) is 0 Å². The molecule has 4 unspecified atom stereocenters. The van der Waals surface area contributed by atoms with Crippen LogP contribution in [0.5, 0.6) is 0 Å². The molecule has 0 aliphatic carbocycles. The minimum atomic E-state index is -1.79. The summed E-state index contributed by atoms with van der Waals surface area (Å²) in [5.74, 6) is -0.544. The van der Waals surface area contributed by atoms with E-state index in [-0.39, 0.29) is 6.42 Å². The molecule has 0 bridgehead atoms. The molecule has 0 fully saturated rings. The minimum absolute atomic E-state index is 0.138. The lowest BCUT2D eigenvalue weighted by atomic mass is 9.97. The Labute approximate surface area is 183 Å². The highest BCUT2D eigenvalue weighted by molar-refractivity contribution is 5.83. The normalized spacial score (nSPS) is 15.7. The molecule has 0 radical (unpaired) electrons. The summed E-state index contributed by atoms with van der Waals surface area (Å²) in [6.45, 7) is 1.50. The van der Waals surface area contributed by atoms with Gasteiger partial charge in [0.1, 0.15) is 24.4 Å². The van der Waals surface area contributed by atoms with E-state index in [4.69, 9.17) is 5.11 Å².